The van der Waals surface area contributed by atoms with Crippen LogP contribution in [0.2, 0.25) is 0 Å². The molecule has 1 unspecified atom stereocenters. The average Bonchev–Trinajstić information content (AvgIpc) is 2.41. The fraction of sp³-hybridized carbons (Fsp3) is 0.538. The number of pyridine rings is 1. The number of ketones is 1. The molecule has 0 aliphatic carbocycles. The molecule has 90 valence electrons. The van der Waals surface area contributed by atoms with Crippen LogP contribution in [0, 0.1) is 0 Å². The van der Waals surface area contributed by atoms with Gasteiger partial charge < -0.3 is 0 Å². The number of nitrogens with zero attached hydrogens (tertiary/aromatic N) is 3. The van der Waals surface area contributed by atoms with Crippen LogP contribution in [0.4, 0.5) is 0 Å². The van der Waals surface area contributed by atoms with Crippen molar-refractivity contribution in [3.63, 3.8) is 0 Å². The van der Waals surface area contributed by atoms with Crippen molar-refractivity contribution >= 4 is 5.78 Å². The van der Waals surface area contributed by atoms with E-state index in [4.69, 9.17) is 0 Å². The summed E-state index contributed by atoms with van der Waals surface area (Å²) in [5, 5.41) is 0. The summed E-state index contributed by atoms with van der Waals surface area (Å²) in [4.78, 5) is 21.0. The van der Waals surface area contributed by atoms with E-state index >= 15 is 0 Å². The number of Topliss-reactive ketones (excluding diaryl/α,β-unsaturated/α-hetero) is 1. The molecule has 4 nitrogen and oxygen atoms in total. The zero-order chi connectivity index (χ0) is 11.7. The van der Waals surface area contributed by atoms with Crippen molar-refractivity contribution in [3.8, 4) is 0 Å². The Hall–Kier alpha value is -1.26. The van der Waals surface area contributed by atoms with Crippen LogP contribution in [-0.4, -0.2) is 59.3 Å². The number of carbonyl (C=O) groups excluding carboxylic acids is 1. The normalized spacial score (nSPS) is 31.4. The number of hydrogen-bond acceptors (Lipinski definition) is 4. The van der Waals surface area contributed by atoms with Gasteiger partial charge in [0.15, 0.2) is 5.78 Å². The van der Waals surface area contributed by atoms with Gasteiger partial charge in [0, 0.05) is 51.5 Å². The van der Waals surface area contributed by atoms with Crippen molar-refractivity contribution < 1.29 is 4.79 Å². The van der Waals surface area contributed by atoms with Gasteiger partial charge in [-0.2, -0.15) is 0 Å². The SMILES string of the molecule is O=C(Cc1ccncc1)C1CN2CCN1CC2. The number of hydrogen-bond donors (Lipinski definition) is 0. The van der Waals surface area contributed by atoms with E-state index in [9.17, 15) is 4.79 Å². The van der Waals surface area contributed by atoms with Crippen molar-refractivity contribution in [1.29, 1.82) is 0 Å². The Morgan fingerprint density at radius 1 is 1.24 bits per heavy atom. The minimum Gasteiger partial charge on any atom is -0.299 e. The van der Waals surface area contributed by atoms with Gasteiger partial charge in [-0.15, -0.1) is 0 Å². The lowest BCUT2D eigenvalue weighted by Gasteiger charge is -2.46. The predicted octanol–water partition coefficient (Wildman–Crippen LogP) is 0.193. The summed E-state index contributed by atoms with van der Waals surface area (Å²) in [6, 6.07) is 3.97. The molecule has 0 aromatic carbocycles. The van der Waals surface area contributed by atoms with Crippen molar-refractivity contribution in [2.45, 2.75) is 12.5 Å². The van der Waals surface area contributed by atoms with E-state index in [2.05, 4.69) is 14.8 Å². The lowest BCUT2D eigenvalue weighted by molar-refractivity contribution is -0.128. The maximum Gasteiger partial charge on any atom is 0.155 e. The highest BCUT2D eigenvalue weighted by Gasteiger charge is 2.35. The number of piperazine rings is 3. The minimum atomic E-state index is 0.116. The maximum absolute atomic E-state index is 12.3. The molecule has 0 amide bonds. The molecule has 17 heavy (non-hydrogen) atoms. The molecule has 4 heterocycles. The first-order valence-corrected chi connectivity index (χ1v) is 6.21. The van der Waals surface area contributed by atoms with Crippen molar-refractivity contribution in [3.05, 3.63) is 30.1 Å². The second-order valence-corrected chi connectivity index (χ2v) is 4.85. The van der Waals surface area contributed by atoms with Crippen LogP contribution >= 0.6 is 0 Å². The highest BCUT2D eigenvalue weighted by molar-refractivity contribution is 5.86. The number of aromatic nitrogens is 1. The molecular weight excluding hydrogens is 214 g/mol. The Morgan fingerprint density at radius 3 is 2.53 bits per heavy atom. The molecule has 1 aromatic rings. The summed E-state index contributed by atoms with van der Waals surface area (Å²) >= 11 is 0. The maximum atomic E-state index is 12.3. The minimum absolute atomic E-state index is 0.116. The summed E-state index contributed by atoms with van der Waals surface area (Å²) in [7, 11) is 0. The van der Waals surface area contributed by atoms with Gasteiger partial charge in [0.1, 0.15) is 0 Å². The molecule has 0 spiro atoms. The monoisotopic (exact) mass is 231 g/mol. The molecule has 0 N–H and O–H groups in total. The molecule has 3 saturated heterocycles. The average molecular weight is 231 g/mol. The largest absolute Gasteiger partial charge is 0.299 e. The van der Waals surface area contributed by atoms with Gasteiger partial charge in [0.25, 0.3) is 0 Å². The fourth-order valence-corrected chi connectivity index (χ4v) is 2.74. The van der Waals surface area contributed by atoms with Crippen molar-refractivity contribution in [2.24, 2.45) is 0 Å². The Morgan fingerprint density at radius 2 is 1.94 bits per heavy atom. The molecular formula is C13H17N3O. The quantitative estimate of drug-likeness (QED) is 0.744. The van der Waals surface area contributed by atoms with Gasteiger partial charge in [-0.1, -0.05) is 0 Å². The van der Waals surface area contributed by atoms with E-state index in [0.717, 1.165) is 38.3 Å². The number of rotatable bonds is 3. The van der Waals surface area contributed by atoms with Gasteiger partial charge in [-0.25, -0.2) is 0 Å². The third kappa shape index (κ3) is 2.23. The zero-order valence-electron chi connectivity index (χ0n) is 9.88. The Labute approximate surface area is 101 Å². The number of carbonyl (C=O) groups is 1. The molecule has 1 aromatic heterocycles. The Balaban J connectivity index is 1.67. The summed E-state index contributed by atoms with van der Waals surface area (Å²) in [6.45, 7) is 5.27. The Kier molecular flexibility index (Phi) is 2.91. The second-order valence-electron chi connectivity index (χ2n) is 4.85. The van der Waals surface area contributed by atoms with Crippen molar-refractivity contribution in [1.82, 2.24) is 14.8 Å². The molecule has 4 heteroatoms. The van der Waals surface area contributed by atoms with Crippen LogP contribution in [0.3, 0.4) is 0 Å². The van der Waals surface area contributed by atoms with Gasteiger partial charge >= 0.3 is 0 Å². The smallest absolute Gasteiger partial charge is 0.155 e. The van der Waals surface area contributed by atoms with Crippen LogP contribution in [0.5, 0.6) is 0 Å². The standard InChI is InChI=1S/C13H17N3O/c17-13(9-11-1-3-14-4-2-11)12-10-15-5-7-16(12)8-6-15/h1-4,12H,5-10H2. The highest BCUT2D eigenvalue weighted by atomic mass is 16.1. The molecule has 4 rings (SSSR count). The molecule has 0 saturated carbocycles. The Bertz CT molecular complexity index is 398. The molecule has 3 aliphatic heterocycles. The van der Waals surface area contributed by atoms with E-state index < -0.39 is 0 Å². The molecule has 2 bridgehead atoms. The van der Waals surface area contributed by atoms with Gasteiger partial charge in [-0.05, 0) is 17.7 Å². The first-order valence-electron chi connectivity index (χ1n) is 6.21. The summed E-state index contributed by atoms with van der Waals surface area (Å²) in [5.74, 6) is 0.348. The second kappa shape index (κ2) is 4.55. The van der Waals surface area contributed by atoms with Gasteiger partial charge in [0.05, 0.1) is 6.04 Å². The van der Waals surface area contributed by atoms with Crippen LogP contribution in [0.15, 0.2) is 24.5 Å². The van der Waals surface area contributed by atoms with Gasteiger partial charge in [-0.3, -0.25) is 19.6 Å². The highest BCUT2D eigenvalue weighted by Crippen LogP contribution is 2.17. The van der Waals surface area contributed by atoms with Crippen LogP contribution in [0.25, 0.3) is 0 Å². The number of fused-ring (bicyclic) bond motifs is 3. The van der Waals surface area contributed by atoms with E-state index in [0.29, 0.717) is 12.2 Å². The van der Waals surface area contributed by atoms with E-state index in [1.54, 1.807) is 12.4 Å². The lowest BCUT2D eigenvalue weighted by Crippen LogP contribution is -2.63. The first kappa shape index (κ1) is 10.9. The predicted molar refractivity (Wildman–Crippen MR) is 64.7 cm³/mol. The molecule has 3 aliphatic rings. The van der Waals surface area contributed by atoms with E-state index in [-0.39, 0.29) is 6.04 Å². The third-order valence-electron chi connectivity index (χ3n) is 3.78. The molecule has 3 fully saturated rings. The topological polar surface area (TPSA) is 36.4 Å². The first-order chi connectivity index (χ1) is 8.33. The third-order valence-corrected chi connectivity index (χ3v) is 3.78. The zero-order valence-corrected chi connectivity index (χ0v) is 9.88. The van der Waals surface area contributed by atoms with Crippen LogP contribution < -0.4 is 0 Å². The van der Waals surface area contributed by atoms with Crippen molar-refractivity contribution in [2.75, 3.05) is 32.7 Å². The summed E-state index contributed by atoms with van der Waals surface area (Å²) in [6.07, 6.45) is 4.04. The lowest BCUT2D eigenvalue weighted by atomic mass is 9.99. The molecule has 0 radical (unpaired) electrons. The van der Waals surface area contributed by atoms with E-state index in [1.807, 2.05) is 12.1 Å². The van der Waals surface area contributed by atoms with Crippen LogP contribution in [0.1, 0.15) is 5.56 Å². The summed E-state index contributed by atoms with van der Waals surface area (Å²) < 4.78 is 0. The fourth-order valence-electron chi connectivity index (χ4n) is 2.74. The summed E-state index contributed by atoms with van der Waals surface area (Å²) in [5.41, 5.74) is 1.07. The molecule has 1 atom stereocenters. The van der Waals surface area contributed by atoms with Gasteiger partial charge in [0.2, 0.25) is 0 Å². The van der Waals surface area contributed by atoms with E-state index in [1.165, 1.54) is 0 Å². The van der Waals surface area contributed by atoms with Crippen LogP contribution in [-0.2, 0) is 11.2 Å².